The van der Waals surface area contributed by atoms with Crippen LogP contribution < -0.4 is 10.8 Å². The van der Waals surface area contributed by atoms with Gasteiger partial charge in [-0.05, 0) is 31.6 Å². The Morgan fingerprint density at radius 1 is 1.23 bits per heavy atom. The first-order valence-electron chi connectivity index (χ1n) is 8.60. The van der Waals surface area contributed by atoms with E-state index >= 15 is 0 Å². The predicted octanol–water partition coefficient (Wildman–Crippen LogP) is 3.28. The highest BCUT2D eigenvalue weighted by atomic mass is 32.1. The van der Waals surface area contributed by atoms with Gasteiger partial charge in [0, 0.05) is 23.0 Å². The number of alkyl halides is 3. The molecular weight excluding hydrogens is 371 g/mol. The minimum absolute atomic E-state index is 0.0476. The molecule has 144 valence electrons. The van der Waals surface area contributed by atoms with Crippen LogP contribution in [0.3, 0.4) is 0 Å². The van der Waals surface area contributed by atoms with Crippen molar-refractivity contribution in [2.45, 2.75) is 63.1 Å². The van der Waals surface area contributed by atoms with Gasteiger partial charge < -0.3 is 10.6 Å². The number of hydrogen-bond donors (Lipinski definition) is 1. The highest BCUT2D eigenvalue weighted by molar-refractivity contribution is 7.15. The Bertz CT molecular complexity index is 667. The Hall–Kier alpha value is -1.68. The Labute approximate surface area is 152 Å². The van der Waals surface area contributed by atoms with Gasteiger partial charge in [-0.25, -0.2) is 9.78 Å². The van der Waals surface area contributed by atoms with Crippen LogP contribution in [0.5, 0.6) is 0 Å². The van der Waals surface area contributed by atoms with E-state index in [9.17, 15) is 22.8 Å². The van der Waals surface area contributed by atoms with Crippen LogP contribution in [-0.4, -0.2) is 29.1 Å². The summed E-state index contributed by atoms with van der Waals surface area (Å²) in [4.78, 5) is 33.1. The number of hydrogen-bond acceptors (Lipinski definition) is 6. The summed E-state index contributed by atoms with van der Waals surface area (Å²) < 4.78 is 37.8. The Morgan fingerprint density at radius 3 is 2.46 bits per heavy atom. The molecule has 1 amide bonds. The molecule has 2 saturated carbocycles. The number of nitrogens with two attached hydrogens (primary N) is 1. The predicted molar refractivity (Wildman–Crippen MR) is 88.3 cm³/mol. The van der Waals surface area contributed by atoms with Crippen molar-refractivity contribution in [1.29, 1.82) is 0 Å². The topological polar surface area (TPSA) is 85.5 Å². The molecule has 0 aliphatic heterocycles. The van der Waals surface area contributed by atoms with E-state index < -0.39 is 24.0 Å². The molecule has 0 saturated heterocycles. The Kier molecular flexibility index (Phi) is 5.52. The number of halogens is 3. The number of carbonyl (C=O) groups excluding carboxylic acids is 2. The molecule has 1 aromatic heterocycles. The van der Waals surface area contributed by atoms with E-state index in [1.54, 1.807) is 6.20 Å². The number of rotatable bonds is 3. The van der Waals surface area contributed by atoms with Crippen molar-refractivity contribution >= 4 is 28.3 Å². The molecule has 0 bridgehead atoms. The lowest BCUT2D eigenvalue weighted by Crippen LogP contribution is -2.48. The normalized spacial score (nSPS) is 24.0. The molecule has 0 radical (unpaired) electrons. The van der Waals surface area contributed by atoms with Gasteiger partial charge >= 0.3 is 12.1 Å². The molecule has 0 aromatic carbocycles. The van der Waals surface area contributed by atoms with Gasteiger partial charge in [0.05, 0.1) is 0 Å². The molecule has 2 aliphatic rings. The molecule has 0 unspecified atom stereocenters. The van der Waals surface area contributed by atoms with Crippen molar-refractivity contribution in [3.63, 3.8) is 0 Å². The fourth-order valence-corrected chi connectivity index (χ4v) is 4.32. The third-order valence-corrected chi connectivity index (χ3v) is 5.95. The molecule has 0 atom stereocenters. The number of hydroxylamine groups is 1. The zero-order valence-electron chi connectivity index (χ0n) is 14.0. The number of amides is 1. The zero-order chi connectivity index (χ0) is 18.9. The maximum absolute atomic E-state index is 12.6. The molecule has 2 N–H and O–H groups in total. The quantitative estimate of drug-likeness (QED) is 0.800. The van der Waals surface area contributed by atoms with Crippen LogP contribution in [0.2, 0.25) is 0 Å². The van der Waals surface area contributed by atoms with Crippen molar-refractivity contribution in [3.05, 3.63) is 11.1 Å². The first kappa shape index (κ1) is 19.1. The van der Waals surface area contributed by atoms with Crippen LogP contribution in [0.1, 0.15) is 55.7 Å². The molecule has 3 rings (SSSR count). The molecule has 10 heteroatoms. The lowest BCUT2D eigenvalue weighted by Gasteiger charge is -2.33. The number of aromatic nitrogens is 1. The molecule has 2 aliphatic carbocycles. The number of thiazole rings is 1. The summed E-state index contributed by atoms with van der Waals surface area (Å²) in [5, 5.41) is 0.359. The lowest BCUT2D eigenvalue weighted by atomic mass is 9.80. The smallest absolute Gasteiger partial charge is 0.328 e. The van der Waals surface area contributed by atoms with Crippen molar-refractivity contribution in [2.75, 3.05) is 5.06 Å². The molecule has 1 aromatic rings. The summed E-state index contributed by atoms with van der Waals surface area (Å²) in [6, 6.07) is -0.168. The standard InChI is InChI=1S/C16H20F3N3O3S/c17-16(18,19)14(24)25-22(13(23)10-6-11(20)7-10)15-21-8-12(26-15)9-4-2-1-3-5-9/h8-11H,1-7,20H2. The fraction of sp³-hybridized carbons (Fsp3) is 0.688. The summed E-state index contributed by atoms with van der Waals surface area (Å²) in [7, 11) is 0. The highest BCUT2D eigenvalue weighted by Gasteiger charge is 2.46. The first-order valence-corrected chi connectivity index (χ1v) is 9.41. The van der Waals surface area contributed by atoms with Gasteiger partial charge in [-0.2, -0.15) is 13.2 Å². The first-order chi connectivity index (χ1) is 12.3. The van der Waals surface area contributed by atoms with Crippen molar-refractivity contribution in [2.24, 2.45) is 11.7 Å². The number of anilines is 1. The average molecular weight is 391 g/mol. The van der Waals surface area contributed by atoms with Crippen LogP contribution in [0, 0.1) is 5.92 Å². The van der Waals surface area contributed by atoms with Gasteiger partial charge in [0.25, 0.3) is 5.91 Å². The second kappa shape index (κ2) is 7.51. The summed E-state index contributed by atoms with van der Waals surface area (Å²) in [6.07, 6.45) is 2.36. The van der Waals surface area contributed by atoms with Crippen LogP contribution in [0.25, 0.3) is 0 Å². The summed E-state index contributed by atoms with van der Waals surface area (Å²) in [5.41, 5.74) is 5.65. The molecular formula is C16H20F3N3O3S. The zero-order valence-corrected chi connectivity index (χ0v) is 14.8. The Balaban J connectivity index is 1.79. The van der Waals surface area contributed by atoms with Crippen LogP contribution in [0.4, 0.5) is 18.3 Å². The van der Waals surface area contributed by atoms with Gasteiger partial charge in [0.1, 0.15) is 0 Å². The highest BCUT2D eigenvalue weighted by Crippen LogP contribution is 2.39. The van der Waals surface area contributed by atoms with Crippen LogP contribution >= 0.6 is 11.3 Å². The lowest BCUT2D eigenvalue weighted by molar-refractivity contribution is -0.202. The second-order valence-corrected chi connectivity index (χ2v) is 7.86. The Morgan fingerprint density at radius 2 is 1.88 bits per heavy atom. The van der Waals surface area contributed by atoms with Crippen molar-refractivity contribution < 1.29 is 27.6 Å². The molecule has 2 fully saturated rings. The maximum Gasteiger partial charge on any atom is 0.493 e. The van der Waals surface area contributed by atoms with Crippen LogP contribution in [-0.2, 0) is 14.4 Å². The average Bonchev–Trinajstić information content (AvgIpc) is 3.05. The van der Waals surface area contributed by atoms with E-state index in [2.05, 4.69) is 9.82 Å². The van der Waals surface area contributed by atoms with Gasteiger partial charge in [-0.15, -0.1) is 5.06 Å². The third-order valence-electron chi connectivity index (χ3n) is 4.82. The number of nitrogens with zero attached hydrogens (tertiary/aromatic N) is 2. The second-order valence-electron chi connectivity index (χ2n) is 6.82. The molecule has 26 heavy (non-hydrogen) atoms. The minimum Gasteiger partial charge on any atom is -0.328 e. The largest absolute Gasteiger partial charge is 0.493 e. The summed E-state index contributed by atoms with van der Waals surface area (Å²) in [6.45, 7) is 0. The monoisotopic (exact) mass is 391 g/mol. The van der Waals surface area contributed by atoms with Crippen molar-refractivity contribution in [3.8, 4) is 0 Å². The van der Waals surface area contributed by atoms with Gasteiger partial charge in [0.15, 0.2) is 0 Å². The summed E-state index contributed by atoms with van der Waals surface area (Å²) >= 11 is 1.10. The van der Waals surface area contributed by atoms with E-state index in [0.717, 1.165) is 48.3 Å². The van der Waals surface area contributed by atoms with Gasteiger partial charge in [-0.3, -0.25) is 4.79 Å². The number of carbonyl (C=O) groups is 2. The van der Waals surface area contributed by atoms with Gasteiger partial charge in [-0.1, -0.05) is 30.6 Å². The van der Waals surface area contributed by atoms with Crippen LogP contribution in [0.15, 0.2) is 6.20 Å². The fourth-order valence-electron chi connectivity index (χ4n) is 3.29. The minimum atomic E-state index is -5.20. The van der Waals surface area contributed by atoms with E-state index in [1.165, 1.54) is 0 Å². The van der Waals surface area contributed by atoms with Gasteiger partial charge in [0.2, 0.25) is 5.13 Å². The third kappa shape index (κ3) is 4.17. The van der Waals surface area contributed by atoms with E-state index in [0.29, 0.717) is 17.9 Å². The maximum atomic E-state index is 12.6. The molecule has 0 spiro atoms. The molecule has 6 nitrogen and oxygen atoms in total. The van der Waals surface area contributed by atoms with E-state index in [4.69, 9.17) is 5.73 Å². The summed E-state index contributed by atoms with van der Waals surface area (Å²) in [5.74, 6) is -3.44. The van der Waals surface area contributed by atoms with E-state index in [-0.39, 0.29) is 17.1 Å². The molecule has 1 heterocycles. The van der Waals surface area contributed by atoms with Crippen molar-refractivity contribution in [1.82, 2.24) is 4.98 Å². The van der Waals surface area contributed by atoms with E-state index in [1.807, 2.05) is 0 Å². The SMILES string of the molecule is NC1CC(C(=O)N(OC(=O)C(F)(F)F)c2ncc(C3CCCCC3)s2)C1.